The van der Waals surface area contributed by atoms with Crippen LogP contribution in [-0.2, 0) is 9.84 Å². The second-order valence-electron chi connectivity index (χ2n) is 5.03. The Bertz CT molecular complexity index is 600. The van der Waals surface area contributed by atoms with E-state index in [-0.39, 0.29) is 17.5 Å². The summed E-state index contributed by atoms with van der Waals surface area (Å²) in [6.07, 6.45) is 2.38. The SMILES string of the molecule is C=CCNc1nc(C)cc(N(C)C2CCS(=O)(=O)C2)n1. The summed E-state index contributed by atoms with van der Waals surface area (Å²) in [6.45, 7) is 6.12. The molecule has 1 aliphatic heterocycles. The van der Waals surface area contributed by atoms with Crippen LogP contribution in [0.4, 0.5) is 11.8 Å². The van der Waals surface area contributed by atoms with Crippen molar-refractivity contribution in [1.29, 1.82) is 0 Å². The molecule has 1 aromatic rings. The number of hydrogen-bond acceptors (Lipinski definition) is 6. The van der Waals surface area contributed by atoms with Crippen molar-refractivity contribution in [1.82, 2.24) is 9.97 Å². The van der Waals surface area contributed by atoms with Crippen LogP contribution in [0.1, 0.15) is 12.1 Å². The Morgan fingerprint density at radius 1 is 1.55 bits per heavy atom. The van der Waals surface area contributed by atoms with Gasteiger partial charge in [-0.25, -0.2) is 13.4 Å². The highest BCUT2D eigenvalue weighted by molar-refractivity contribution is 7.91. The third kappa shape index (κ3) is 3.47. The molecular weight excluding hydrogens is 276 g/mol. The molecule has 0 spiro atoms. The highest BCUT2D eigenvalue weighted by atomic mass is 32.2. The molecule has 0 aliphatic carbocycles. The third-order valence-corrected chi connectivity index (χ3v) is 5.11. The second kappa shape index (κ2) is 5.78. The molecule has 0 saturated carbocycles. The van der Waals surface area contributed by atoms with Crippen molar-refractivity contribution in [2.75, 3.05) is 35.3 Å². The highest BCUT2D eigenvalue weighted by Crippen LogP contribution is 2.22. The van der Waals surface area contributed by atoms with Crippen LogP contribution in [-0.4, -0.2) is 49.5 Å². The number of hydrogen-bond donors (Lipinski definition) is 1. The number of aryl methyl sites for hydroxylation is 1. The Morgan fingerprint density at radius 2 is 2.30 bits per heavy atom. The maximum atomic E-state index is 11.6. The smallest absolute Gasteiger partial charge is 0.225 e. The van der Waals surface area contributed by atoms with Crippen LogP contribution in [0, 0.1) is 6.92 Å². The molecular formula is C13H20N4O2S. The summed E-state index contributed by atoms with van der Waals surface area (Å²) in [7, 11) is -1.02. The number of nitrogens with zero attached hydrogens (tertiary/aromatic N) is 3. The molecule has 1 saturated heterocycles. The molecule has 6 nitrogen and oxygen atoms in total. The summed E-state index contributed by atoms with van der Waals surface area (Å²) >= 11 is 0. The second-order valence-corrected chi connectivity index (χ2v) is 7.26. The van der Waals surface area contributed by atoms with Gasteiger partial charge in [-0.1, -0.05) is 6.08 Å². The Kier molecular flexibility index (Phi) is 4.27. The van der Waals surface area contributed by atoms with Gasteiger partial charge >= 0.3 is 0 Å². The van der Waals surface area contributed by atoms with Gasteiger partial charge in [0.15, 0.2) is 9.84 Å². The van der Waals surface area contributed by atoms with E-state index in [1.165, 1.54) is 0 Å². The summed E-state index contributed by atoms with van der Waals surface area (Å²) in [6, 6.07) is 1.85. The highest BCUT2D eigenvalue weighted by Gasteiger charge is 2.31. The fraction of sp³-hybridized carbons (Fsp3) is 0.538. The number of rotatable bonds is 5. The van der Waals surface area contributed by atoms with E-state index in [0.717, 1.165) is 11.5 Å². The molecule has 20 heavy (non-hydrogen) atoms. The van der Waals surface area contributed by atoms with Crippen LogP contribution < -0.4 is 10.2 Å². The van der Waals surface area contributed by atoms with Crippen molar-refractivity contribution in [3.63, 3.8) is 0 Å². The van der Waals surface area contributed by atoms with E-state index in [9.17, 15) is 8.42 Å². The molecule has 1 aromatic heterocycles. The molecule has 1 N–H and O–H groups in total. The molecule has 110 valence electrons. The van der Waals surface area contributed by atoms with Crippen molar-refractivity contribution in [2.24, 2.45) is 0 Å². The average molecular weight is 296 g/mol. The van der Waals surface area contributed by atoms with Crippen molar-refractivity contribution in [3.05, 3.63) is 24.4 Å². The van der Waals surface area contributed by atoms with Gasteiger partial charge in [-0.15, -0.1) is 6.58 Å². The van der Waals surface area contributed by atoms with Crippen LogP contribution in [0.25, 0.3) is 0 Å². The first kappa shape index (κ1) is 14.8. The normalized spacial score (nSPS) is 20.6. The predicted octanol–water partition coefficient (Wildman–Crippen LogP) is 1.01. The first-order valence-electron chi connectivity index (χ1n) is 6.55. The lowest BCUT2D eigenvalue weighted by molar-refractivity contribution is 0.600. The fourth-order valence-corrected chi connectivity index (χ4v) is 4.02. The van der Waals surface area contributed by atoms with Crippen LogP contribution in [0.3, 0.4) is 0 Å². The standard InChI is InChI=1S/C13H20N4O2S/c1-4-6-14-13-15-10(2)8-12(16-13)17(3)11-5-7-20(18,19)9-11/h4,8,11H,1,5-7,9H2,2-3H3,(H,14,15,16). The number of aromatic nitrogens is 2. The van der Waals surface area contributed by atoms with Crippen molar-refractivity contribution >= 4 is 21.6 Å². The Hall–Kier alpha value is -1.63. The van der Waals surface area contributed by atoms with E-state index in [1.54, 1.807) is 6.08 Å². The van der Waals surface area contributed by atoms with Gasteiger partial charge in [0, 0.05) is 31.4 Å². The topological polar surface area (TPSA) is 75.2 Å². The van der Waals surface area contributed by atoms with Crippen LogP contribution >= 0.6 is 0 Å². The van der Waals surface area contributed by atoms with Gasteiger partial charge in [0.2, 0.25) is 5.95 Å². The van der Waals surface area contributed by atoms with Gasteiger partial charge in [0.05, 0.1) is 11.5 Å². The first-order chi connectivity index (χ1) is 9.41. The van der Waals surface area contributed by atoms with E-state index in [4.69, 9.17) is 0 Å². The van der Waals surface area contributed by atoms with Crippen LogP contribution in [0.5, 0.6) is 0 Å². The van der Waals surface area contributed by atoms with Crippen LogP contribution in [0.2, 0.25) is 0 Å². The zero-order chi connectivity index (χ0) is 14.8. The number of nitrogens with one attached hydrogen (secondary N) is 1. The quantitative estimate of drug-likeness (QED) is 0.817. The zero-order valence-electron chi connectivity index (χ0n) is 11.8. The summed E-state index contributed by atoms with van der Waals surface area (Å²) in [5.41, 5.74) is 0.842. The molecule has 1 fully saturated rings. The van der Waals surface area contributed by atoms with Crippen molar-refractivity contribution < 1.29 is 8.42 Å². The average Bonchev–Trinajstić information content (AvgIpc) is 2.75. The van der Waals surface area contributed by atoms with E-state index in [0.29, 0.717) is 18.9 Å². The summed E-state index contributed by atoms with van der Waals surface area (Å²) in [4.78, 5) is 10.6. The molecule has 1 unspecified atom stereocenters. The van der Waals surface area contributed by atoms with Gasteiger partial charge in [-0.05, 0) is 13.3 Å². The summed E-state index contributed by atoms with van der Waals surface area (Å²) < 4.78 is 23.1. The Morgan fingerprint density at radius 3 is 2.90 bits per heavy atom. The lowest BCUT2D eigenvalue weighted by atomic mass is 10.2. The minimum Gasteiger partial charge on any atom is -0.355 e. The van der Waals surface area contributed by atoms with E-state index >= 15 is 0 Å². The molecule has 7 heteroatoms. The van der Waals surface area contributed by atoms with E-state index in [1.807, 2.05) is 24.9 Å². The summed E-state index contributed by atoms with van der Waals surface area (Å²) in [5.74, 6) is 1.73. The van der Waals surface area contributed by atoms with Gasteiger partial charge in [-0.2, -0.15) is 4.98 Å². The molecule has 0 aromatic carbocycles. The molecule has 1 atom stereocenters. The van der Waals surface area contributed by atoms with Gasteiger partial charge in [-0.3, -0.25) is 0 Å². The zero-order valence-corrected chi connectivity index (χ0v) is 12.7. The van der Waals surface area contributed by atoms with E-state index < -0.39 is 9.84 Å². The fourth-order valence-electron chi connectivity index (χ4n) is 2.24. The van der Waals surface area contributed by atoms with E-state index in [2.05, 4.69) is 21.9 Å². The van der Waals surface area contributed by atoms with Gasteiger partial charge in [0.25, 0.3) is 0 Å². The largest absolute Gasteiger partial charge is 0.355 e. The maximum Gasteiger partial charge on any atom is 0.225 e. The van der Waals surface area contributed by atoms with Gasteiger partial charge in [0.1, 0.15) is 5.82 Å². The first-order valence-corrected chi connectivity index (χ1v) is 8.37. The molecule has 0 amide bonds. The Labute approximate surface area is 119 Å². The summed E-state index contributed by atoms with van der Waals surface area (Å²) in [5, 5.41) is 3.05. The molecule has 2 rings (SSSR count). The molecule has 0 radical (unpaired) electrons. The Balaban J connectivity index is 2.19. The molecule has 0 bridgehead atoms. The maximum absolute atomic E-state index is 11.6. The minimum atomic E-state index is -2.90. The van der Waals surface area contributed by atoms with Gasteiger partial charge < -0.3 is 10.2 Å². The van der Waals surface area contributed by atoms with Crippen LogP contribution in [0.15, 0.2) is 18.7 Å². The molecule has 2 heterocycles. The third-order valence-electron chi connectivity index (χ3n) is 3.36. The monoisotopic (exact) mass is 296 g/mol. The lowest BCUT2D eigenvalue weighted by Crippen LogP contribution is -2.33. The van der Waals surface area contributed by atoms with Crippen molar-refractivity contribution in [3.8, 4) is 0 Å². The molecule has 1 aliphatic rings. The predicted molar refractivity (Wildman–Crippen MR) is 80.9 cm³/mol. The lowest BCUT2D eigenvalue weighted by Gasteiger charge is -2.25. The van der Waals surface area contributed by atoms with Crippen molar-refractivity contribution in [2.45, 2.75) is 19.4 Å². The number of sulfone groups is 1. The number of anilines is 2. The minimum absolute atomic E-state index is 0.0124.